The molecule has 0 bridgehead atoms. The molecule has 0 aliphatic heterocycles. The smallest absolute Gasteiger partial charge is 0.251 e. The number of carbonyl (C=O) groups is 1. The van der Waals surface area contributed by atoms with Gasteiger partial charge in [-0.3, -0.25) is 4.79 Å². The number of hydrogen-bond donors (Lipinski definition) is 1. The van der Waals surface area contributed by atoms with Crippen molar-refractivity contribution in [2.24, 2.45) is 0 Å². The average molecular weight is 217 g/mol. The van der Waals surface area contributed by atoms with Gasteiger partial charge in [0.05, 0.1) is 11.0 Å². The van der Waals surface area contributed by atoms with Gasteiger partial charge in [-0.05, 0) is 32.0 Å². The number of hydrogen-bond acceptors (Lipinski definition) is 2. The number of carbonyl (C=O) groups excluding carboxylic acids is 1. The first-order valence-electron chi connectivity index (χ1n) is 5.36. The van der Waals surface area contributed by atoms with E-state index in [0.717, 1.165) is 23.4 Å². The van der Waals surface area contributed by atoms with Crippen molar-refractivity contribution in [1.29, 1.82) is 0 Å². The molecule has 4 nitrogen and oxygen atoms in total. The Balaban J connectivity index is 2.60. The summed E-state index contributed by atoms with van der Waals surface area (Å²) in [6.07, 6.45) is 0. The number of fused-ring (bicyclic) bond motifs is 1. The van der Waals surface area contributed by atoms with E-state index >= 15 is 0 Å². The van der Waals surface area contributed by atoms with Gasteiger partial charge in [0.15, 0.2) is 0 Å². The van der Waals surface area contributed by atoms with Crippen LogP contribution >= 0.6 is 0 Å². The Morgan fingerprint density at radius 2 is 2.25 bits per heavy atom. The van der Waals surface area contributed by atoms with Crippen molar-refractivity contribution in [3.63, 3.8) is 0 Å². The van der Waals surface area contributed by atoms with Gasteiger partial charge in [0.1, 0.15) is 5.82 Å². The molecule has 0 fully saturated rings. The first-order chi connectivity index (χ1) is 7.67. The summed E-state index contributed by atoms with van der Waals surface area (Å²) in [4.78, 5) is 15.9. The van der Waals surface area contributed by atoms with Gasteiger partial charge in [-0.1, -0.05) is 0 Å². The fourth-order valence-corrected chi connectivity index (χ4v) is 1.93. The highest BCUT2D eigenvalue weighted by Crippen LogP contribution is 2.17. The summed E-state index contributed by atoms with van der Waals surface area (Å²) in [5.41, 5.74) is 2.60. The standard InChI is InChI=1S/C12H15N3O/c1-4-15-8(2)14-10-7-9(12(16)13-3)5-6-11(10)15/h5-7H,4H2,1-3H3,(H,13,16). The van der Waals surface area contributed by atoms with Gasteiger partial charge in [-0.25, -0.2) is 4.98 Å². The second-order valence-electron chi connectivity index (χ2n) is 3.69. The molecular formula is C12H15N3O. The minimum atomic E-state index is -0.0781. The minimum Gasteiger partial charge on any atom is -0.355 e. The fraction of sp³-hybridized carbons (Fsp3) is 0.333. The molecule has 1 aromatic heterocycles. The minimum absolute atomic E-state index is 0.0781. The molecule has 0 aliphatic rings. The van der Waals surface area contributed by atoms with Crippen LogP contribution in [0.3, 0.4) is 0 Å². The fourth-order valence-electron chi connectivity index (χ4n) is 1.93. The molecule has 0 saturated heterocycles. The Morgan fingerprint density at radius 3 is 2.88 bits per heavy atom. The number of amides is 1. The van der Waals surface area contributed by atoms with E-state index in [2.05, 4.69) is 21.8 Å². The molecule has 0 atom stereocenters. The van der Waals surface area contributed by atoms with Crippen LogP contribution in [0.5, 0.6) is 0 Å². The lowest BCUT2D eigenvalue weighted by atomic mass is 10.2. The largest absolute Gasteiger partial charge is 0.355 e. The van der Waals surface area contributed by atoms with Gasteiger partial charge < -0.3 is 9.88 Å². The van der Waals surface area contributed by atoms with Gasteiger partial charge in [0.25, 0.3) is 5.91 Å². The van der Waals surface area contributed by atoms with Crippen molar-refractivity contribution in [3.8, 4) is 0 Å². The molecule has 0 saturated carbocycles. The summed E-state index contributed by atoms with van der Waals surface area (Å²) in [7, 11) is 1.63. The lowest BCUT2D eigenvalue weighted by molar-refractivity contribution is 0.0963. The third-order valence-corrected chi connectivity index (χ3v) is 2.74. The molecule has 84 valence electrons. The van der Waals surface area contributed by atoms with E-state index in [1.165, 1.54) is 0 Å². The maximum absolute atomic E-state index is 11.5. The molecule has 0 unspecified atom stereocenters. The van der Waals surface area contributed by atoms with E-state index in [4.69, 9.17) is 0 Å². The number of aromatic nitrogens is 2. The zero-order valence-corrected chi connectivity index (χ0v) is 9.74. The lowest BCUT2D eigenvalue weighted by Gasteiger charge is -2.02. The number of benzene rings is 1. The Labute approximate surface area is 94.3 Å². The topological polar surface area (TPSA) is 46.9 Å². The number of imidazole rings is 1. The van der Waals surface area contributed by atoms with Crippen LogP contribution in [0.2, 0.25) is 0 Å². The van der Waals surface area contributed by atoms with Gasteiger partial charge >= 0.3 is 0 Å². The third kappa shape index (κ3) is 1.56. The summed E-state index contributed by atoms with van der Waals surface area (Å²) < 4.78 is 2.13. The highest BCUT2D eigenvalue weighted by molar-refractivity contribution is 5.97. The van der Waals surface area contributed by atoms with Crippen molar-refractivity contribution in [2.45, 2.75) is 20.4 Å². The second-order valence-corrected chi connectivity index (χ2v) is 3.69. The van der Waals surface area contributed by atoms with Crippen LogP contribution in [-0.2, 0) is 6.54 Å². The maximum Gasteiger partial charge on any atom is 0.251 e. The van der Waals surface area contributed by atoms with Crippen LogP contribution in [0.1, 0.15) is 23.1 Å². The summed E-state index contributed by atoms with van der Waals surface area (Å²) in [5.74, 6) is 0.900. The molecule has 1 amide bonds. The van der Waals surface area contributed by atoms with Gasteiger partial charge in [-0.15, -0.1) is 0 Å². The zero-order valence-electron chi connectivity index (χ0n) is 9.74. The van der Waals surface area contributed by atoms with E-state index < -0.39 is 0 Å². The van der Waals surface area contributed by atoms with Crippen molar-refractivity contribution in [1.82, 2.24) is 14.9 Å². The Bertz CT molecular complexity index is 542. The predicted molar refractivity (Wildman–Crippen MR) is 63.5 cm³/mol. The maximum atomic E-state index is 11.5. The highest BCUT2D eigenvalue weighted by Gasteiger charge is 2.09. The summed E-state index contributed by atoms with van der Waals surface area (Å²) in [6.45, 7) is 4.95. The SMILES string of the molecule is CCn1c(C)nc2cc(C(=O)NC)ccc21. The van der Waals surface area contributed by atoms with Crippen molar-refractivity contribution < 1.29 is 4.79 Å². The van der Waals surface area contributed by atoms with E-state index in [9.17, 15) is 4.79 Å². The number of rotatable bonds is 2. The molecule has 4 heteroatoms. The third-order valence-electron chi connectivity index (χ3n) is 2.74. The molecule has 16 heavy (non-hydrogen) atoms. The first-order valence-corrected chi connectivity index (χ1v) is 5.36. The molecule has 0 aliphatic carbocycles. The van der Waals surface area contributed by atoms with Crippen LogP contribution in [-0.4, -0.2) is 22.5 Å². The quantitative estimate of drug-likeness (QED) is 0.832. The van der Waals surface area contributed by atoms with Crippen LogP contribution in [0.15, 0.2) is 18.2 Å². The van der Waals surface area contributed by atoms with Crippen LogP contribution in [0, 0.1) is 6.92 Å². The molecule has 2 rings (SSSR count). The molecule has 0 radical (unpaired) electrons. The molecular weight excluding hydrogens is 202 g/mol. The molecule has 0 spiro atoms. The Morgan fingerprint density at radius 1 is 1.50 bits per heavy atom. The summed E-state index contributed by atoms with van der Waals surface area (Å²) in [6, 6.07) is 5.60. The summed E-state index contributed by atoms with van der Waals surface area (Å²) in [5, 5.41) is 2.61. The van der Waals surface area contributed by atoms with Crippen molar-refractivity contribution in [2.75, 3.05) is 7.05 Å². The molecule has 1 heterocycles. The van der Waals surface area contributed by atoms with Gasteiger partial charge in [-0.2, -0.15) is 0 Å². The second kappa shape index (κ2) is 3.96. The van der Waals surface area contributed by atoms with Crippen LogP contribution in [0.4, 0.5) is 0 Å². The molecule has 2 aromatic rings. The highest BCUT2D eigenvalue weighted by atomic mass is 16.1. The van der Waals surface area contributed by atoms with Crippen molar-refractivity contribution in [3.05, 3.63) is 29.6 Å². The van der Waals surface area contributed by atoms with E-state index in [-0.39, 0.29) is 5.91 Å². The lowest BCUT2D eigenvalue weighted by Crippen LogP contribution is -2.17. The number of nitrogens with zero attached hydrogens (tertiary/aromatic N) is 2. The first kappa shape index (κ1) is 10.7. The monoisotopic (exact) mass is 217 g/mol. The van der Waals surface area contributed by atoms with Gasteiger partial charge in [0.2, 0.25) is 0 Å². The molecule has 1 N–H and O–H groups in total. The molecule has 1 aromatic carbocycles. The van der Waals surface area contributed by atoms with Crippen LogP contribution < -0.4 is 5.32 Å². The van der Waals surface area contributed by atoms with E-state index in [0.29, 0.717) is 5.56 Å². The number of nitrogens with one attached hydrogen (secondary N) is 1. The zero-order chi connectivity index (χ0) is 11.7. The van der Waals surface area contributed by atoms with Crippen molar-refractivity contribution >= 4 is 16.9 Å². The Kier molecular flexibility index (Phi) is 2.64. The summed E-state index contributed by atoms with van der Waals surface area (Å²) >= 11 is 0. The number of aryl methyl sites for hydroxylation is 2. The normalized spacial score (nSPS) is 10.7. The van der Waals surface area contributed by atoms with Crippen LogP contribution in [0.25, 0.3) is 11.0 Å². The predicted octanol–water partition coefficient (Wildman–Crippen LogP) is 1.72. The van der Waals surface area contributed by atoms with Gasteiger partial charge in [0, 0.05) is 19.2 Å². The Hall–Kier alpha value is -1.84. The van der Waals surface area contributed by atoms with E-state index in [1.54, 1.807) is 7.05 Å². The van der Waals surface area contributed by atoms with E-state index in [1.807, 2.05) is 25.1 Å². The average Bonchev–Trinajstić information content (AvgIpc) is 2.62.